The molecule has 1 heterocycles. The molecule has 1 aromatic carbocycles. The Morgan fingerprint density at radius 3 is 2.42 bits per heavy atom. The summed E-state index contributed by atoms with van der Waals surface area (Å²) in [5.74, 6) is 1.88. The van der Waals surface area contributed by atoms with Gasteiger partial charge in [0, 0.05) is 24.7 Å². The summed E-state index contributed by atoms with van der Waals surface area (Å²) in [5.41, 5.74) is 0.976. The predicted octanol–water partition coefficient (Wildman–Crippen LogP) is 3.50. The molecule has 2 aliphatic rings. The maximum atomic E-state index is 10.2. The lowest BCUT2D eigenvalue weighted by Crippen LogP contribution is -2.24. The molecule has 19 heavy (non-hydrogen) atoms. The molecule has 3 unspecified atom stereocenters. The third-order valence-electron chi connectivity index (χ3n) is 4.78. The number of aliphatic hydroxyl groups excluding tert-OH is 1. The molecule has 0 amide bonds. The fourth-order valence-corrected chi connectivity index (χ4v) is 3.80. The second kappa shape index (κ2) is 5.82. The first kappa shape index (κ1) is 13.4. The van der Waals surface area contributed by atoms with Crippen molar-refractivity contribution < 1.29 is 5.11 Å². The lowest BCUT2D eigenvalue weighted by Gasteiger charge is -2.19. The molecule has 1 aliphatic carbocycles. The summed E-state index contributed by atoms with van der Waals surface area (Å²) >= 11 is 5.86. The van der Waals surface area contributed by atoms with Crippen molar-refractivity contribution in [2.75, 3.05) is 19.6 Å². The van der Waals surface area contributed by atoms with Crippen LogP contribution in [0.15, 0.2) is 24.3 Å². The summed E-state index contributed by atoms with van der Waals surface area (Å²) in [6.07, 6.45) is 4.72. The van der Waals surface area contributed by atoms with E-state index in [9.17, 15) is 5.11 Å². The zero-order valence-corrected chi connectivity index (χ0v) is 12.0. The molecule has 0 bridgehead atoms. The van der Waals surface area contributed by atoms with Crippen LogP contribution in [-0.4, -0.2) is 29.6 Å². The van der Waals surface area contributed by atoms with Crippen LogP contribution in [0.25, 0.3) is 0 Å². The van der Waals surface area contributed by atoms with E-state index >= 15 is 0 Å². The van der Waals surface area contributed by atoms with Crippen LogP contribution in [-0.2, 0) is 0 Å². The first-order chi connectivity index (χ1) is 9.22. The molecule has 1 N–H and O–H groups in total. The standard InChI is InChI=1S/C16H22ClNO/c17-15-6-4-12(5-7-15)16(19)8-9-18-10-13-2-1-3-14(13)11-18/h4-7,13-14,16,19H,1-3,8-11H2. The molecule has 1 aromatic rings. The zero-order valence-electron chi connectivity index (χ0n) is 11.3. The maximum Gasteiger partial charge on any atom is 0.0802 e. The molecule has 3 atom stereocenters. The van der Waals surface area contributed by atoms with Gasteiger partial charge in [-0.15, -0.1) is 0 Å². The maximum absolute atomic E-state index is 10.2. The Morgan fingerprint density at radius 2 is 1.79 bits per heavy atom. The Morgan fingerprint density at radius 1 is 1.16 bits per heavy atom. The number of halogens is 1. The van der Waals surface area contributed by atoms with E-state index in [4.69, 9.17) is 11.6 Å². The lowest BCUT2D eigenvalue weighted by atomic mass is 10.0. The summed E-state index contributed by atoms with van der Waals surface area (Å²) in [7, 11) is 0. The van der Waals surface area contributed by atoms with Gasteiger partial charge in [-0.2, -0.15) is 0 Å². The summed E-state index contributed by atoms with van der Waals surface area (Å²) in [6, 6.07) is 7.54. The van der Waals surface area contributed by atoms with Crippen LogP contribution in [0.4, 0.5) is 0 Å². The minimum atomic E-state index is -0.363. The Hall–Kier alpha value is -0.570. The van der Waals surface area contributed by atoms with E-state index in [1.807, 2.05) is 24.3 Å². The molecule has 104 valence electrons. The van der Waals surface area contributed by atoms with E-state index in [-0.39, 0.29) is 6.10 Å². The Labute approximate surface area is 120 Å². The van der Waals surface area contributed by atoms with Crippen molar-refractivity contribution in [3.05, 3.63) is 34.9 Å². The van der Waals surface area contributed by atoms with E-state index in [0.717, 1.165) is 35.4 Å². The second-order valence-electron chi connectivity index (χ2n) is 6.07. The highest BCUT2D eigenvalue weighted by Gasteiger charge is 2.35. The van der Waals surface area contributed by atoms with Gasteiger partial charge >= 0.3 is 0 Å². The van der Waals surface area contributed by atoms with Gasteiger partial charge in [0.1, 0.15) is 0 Å². The van der Waals surface area contributed by atoms with Crippen LogP contribution >= 0.6 is 11.6 Å². The van der Waals surface area contributed by atoms with Gasteiger partial charge in [-0.05, 0) is 48.8 Å². The highest BCUT2D eigenvalue weighted by atomic mass is 35.5. The lowest BCUT2D eigenvalue weighted by molar-refractivity contribution is 0.146. The quantitative estimate of drug-likeness (QED) is 0.912. The van der Waals surface area contributed by atoms with Crippen molar-refractivity contribution >= 4 is 11.6 Å². The van der Waals surface area contributed by atoms with Gasteiger partial charge in [0.25, 0.3) is 0 Å². The normalized spacial score (nSPS) is 28.5. The van der Waals surface area contributed by atoms with Crippen LogP contribution in [0.1, 0.15) is 37.4 Å². The number of aliphatic hydroxyl groups is 1. The minimum Gasteiger partial charge on any atom is -0.388 e. The highest BCUT2D eigenvalue weighted by molar-refractivity contribution is 6.30. The smallest absolute Gasteiger partial charge is 0.0802 e. The van der Waals surface area contributed by atoms with Crippen molar-refractivity contribution in [1.82, 2.24) is 4.90 Å². The number of fused-ring (bicyclic) bond motifs is 1. The third-order valence-corrected chi connectivity index (χ3v) is 5.03. The van der Waals surface area contributed by atoms with Crippen molar-refractivity contribution in [2.24, 2.45) is 11.8 Å². The van der Waals surface area contributed by atoms with E-state index in [1.165, 1.54) is 32.4 Å². The monoisotopic (exact) mass is 279 g/mol. The summed E-state index contributed by atoms with van der Waals surface area (Å²) in [4.78, 5) is 2.54. The van der Waals surface area contributed by atoms with Gasteiger partial charge in [0.2, 0.25) is 0 Å². The van der Waals surface area contributed by atoms with Gasteiger partial charge in [0.05, 0.1) is 6.10 Å². The van der Waals surface area contributed by atoms with Crippen LogP contribution in [0.5, 0.6) is 0 Å². The van der Waals surface area contributed by atoms with Crippen LogP contribution in [0.3, 0.4) is 0 Å². The predicted molar refractivity (Wildman–Crippen MR) is 78.3 cm³/mol. The number of hydrogen-bond donors (Lipinski definition) is 1. The molecule has 0 spiro atoms. The molecule has 0 aromatic heterocycles. The summed E-state index contributed by atoms with van der Waals surface area (Å²) in [5, 5.41) is 10.9. The minimum absolute atomic E-state index is 0.363. The topological polar surface area (TPSA) is 23.5 Å². The molecular weight excluding hydrogens is 258 g/mol. The van der Waals surface area contributed by atoms with Crippen molar-refractivity contribution in [3.63, 3.8) is 0 Å². The molecule has 1 saturated carbocycles. The van der Waals surface area contributed by atoms with Crippen molar-refractivity contribution in [1.29, 1.82) is 0 Å². The second-order valence-corrected chi connectivity index (χ2v) is 6.50. The average Bonchev–Trinajstić information content (AvgIpc) is 2.97. The van der Waals surface area contributed by atoms with E-state index < -0.39 is 0 Å². The molecule has 2 fully saturated rings. The van der Waals surface area contributed by atoms with Gasteiger partial charge in [0.15, 0.2) is 0 Å². The van der Waals surface area contributed by atoms with Gasteiger partial charge in [-0.3, -0.25) is 0 Å². The third kappa shape index (κ3) is 3.13. The van der Waals surface area contributed by atoms with Crippen molar-refractivity contribution in [3.8, 4) is 0 Å². The highest BCUT2D eigenvalue weighted by Crippen LogP contribution is 2.37. The van der Waals surface area contributed by atoms with Gasteiger partial charge in [-0.25, -0.2) is 0 Å². The van der Waals surface area contributed by atoms with Gasteiger partial charge in [-0.1, -0.05) is 30.2 Å². The average molecular weight is 280 g/mol. The number of hydrogen-bond acceptors (Lipinski definition) is 2. The SMILES string of the molecule is OC(CCN1CC2CCCC2C1)c1ccc(Cl)cc1. The van der Waals surface area contributed by atoms with Gasteiger partial charge < -0.3 is 10.0 Å². The van der Waals surface area contributed by atoms with E-state index in [1.54, 1.807) is 0 Å². The molecule has 0 radical (unpaired) electrons. The fraction of sp³-hybridized carbons (Fsp3) is 0.625. The molecule has 3 rings (SSSR count). The van der Waals surface area contributed by atoms with Crippen LogP contribution in [0.2, 0.25) is 5.02 Å². The molecule has 2 nitrogen and oxygen atoms in total. The Bertz CT molecular complexity index is 407. The number of likely N-dealkylation sites (tertiary alicyclic amines) is 1. The van der Waals surface area contributed by atoms with Crippen LogP contribution in [0, 0.1) is 11.8 Å². The molecule has 1 aliphatic heterocycles. The van der Waals surface area contributed by atoms with Crippen molar-refractivity contribution in [2.45, 2.75) is 31.8 Å². The van der Waals surface area contributed by atoms with E-state index in [0.29, 0.717) is 0 Å². The zero-order chi connectivity index (χ0) is 13.2. The number of rotatable bonds is 4. The number of benzene rings is 1. The molecule has 3 heteroatoms. The fourth-order valence-electron chi connectivity index (χ4n) is 3.67. The Balaban J connectivity index is 1.48. The molecular formula is C16H22ClNO. The molecule has 1 saturated heterocycles. The number of nitrogens with zero attached hydrogens (tertiary/aromatic N) is 1. The first-order valence-electron chi connectivity index (χ1n) is 7.38. The largest absolute Gasteiger partial charge is 0.388 e. The Kier molecular flexibility index (Phi) is 4.11. The van der Waals surface area contributed by atoms with E-state index in [2.05, 4.69) is 4.90 Å². The summed E-state index contributed by atoms with van der Waals surface area (Å²) in [6.45, 7) is 3.51. The van der Waals surface area contributed by atoms with Crippen LogP contribution < -0.4 is 0 Å². The summed E-state index contributed by atoms with van der Waals surface area (Å²) < 4.78 is 0. The first-order valence-corrected chi connectivity index (χ1v) is 7.76.